The first-order valence-corrected chi connectivity index (χ1v) is 17.0. The van der Waals surface area contributed by atoms with Gasteiger partial charge in [-0.3, -0.25) is 14.4 Å². The summed E-state index contributed by atoms with van der Waals surface area (Å²) < 4.78 is 0. The predicted octanol–water partition coefficient (Wildman–Crippen LogP) is 3.13. The van der Waals surface area contributed by atoms with Crippen LogP contribution in [0.4, 0.5) is 0 Å². The van der Waals surface area contributed by atoms with Crippen molar-refractivity contribution in [2.45, 2.75) is 108 Å². The van der Waals surface area contributed by atoms with Crippen molar-refractivity contribution in [3.05, 3.63) is 35.9 Å². The number of nitrogens with zero attached hydrogens (tertiary/aromatic N) is 2. The molecular formula is C36H56N4O5. The highest BCUT2D eigenvalue weighted by Gasteiger charge is 2.36. The Balaban J connectivity index is 1.72. The van der Waals surface area contributed by atoms with Gasteiger partial charge in [0.1, 0.15) is 12.1 Å². The molecule has 0 heterocycles. The van der Waals surface area contributed by atoms with Crippen molar-refractivity contribution in [1.82, 2.24) is 20.4 Å². The number of rotatable bonds is 19. The molecule has 0 unspecified atom stereocenters. The summed E-state index contributed by atoms with van der Waals surface area (Å²) in [5.74, 6) is 1.53. The van der Waals surface area contributed by atoms with Crippen LogP contribution in [0.5, 0.6) is 0 Å². The molecule has 3 amide bonds. The van der Waals surface area contributed by atoms with Gasteiger partial charge in [0.05, 0.1) is 18.1 Å². The molecule has 1 aromatic carbocycles. The smallest absolute Gasteiger partial charge is 0.243 e. The van der Waals surface area contributed by atoms with E-state index in [1.54, 1.807) is 11.9 Å². The molecule has 3 rings (SSSR count). The summed E-state index contributed by atoms with van der Waals surface area (Å²) >= 11 is 0. The summed E-state index contributed by atoms with van der Waals surface area (Å²) in [5, 5.41) is 27.8. The first kappa shape index (κ1) is 36.5. The monoisotopic (exact) mass is 624 g/mol. The third-order valence-corrected chi connectivity index (χ3v) is 9.57. The van der Waals surface area contributed by atoms with Crippen molar-refractivity contribution >= 4 is 17.7 Å². The average molecular weight is 625 g/mol. The second-order valence-electron chi connectivity index (χ2n) is 13.4. The second-order valence-corrected chi connectivity index (χ2v) is 13.4. The zero-order valence-corrected chi connectivity index (χ0v) is 27.6. The van der Waals surface area contributed by atoms with Crippen molar-refractivity contribution in [3.8, 4) is 12.3 Å². The average Bonchev–Trinajstić information content (AvgIpc) is 3.87. The molecule has 9 nitrogen and oxygen atoms in total. The molecule has 4 N–H and O–H groups in total. The minimum Gasteiger partial charge on any atom is -0.390 e. The van der Waals surface area contributed by atoms with Crippen LogP contribution in [0.3, 0.4) is 0 Å². The molecule has 0 aliphatic heterocycles. The Kier molecular flexibility index (Phi) is 15.3. The molecule has 2 aliphatic rings. The summed E-state index contributed by atoms with van der Waals surface area (Å²) in [6.07, 6.45) is 12.6. The molecule has 2 saturated carbocycles. The van der Waals surface area contributed by atoms with E-state index in [1.807, 2.05) is 37.4 Å². The van der Waals surface area contributed by atoms with Crippen LogP contribution >= 0.6 is 0 Å². The normalized spacial score (nSPS) is 18.7. The van der Waals surface area contributed by atoms with E-state index in [1.165, 1.54) is 6.42 Å². The summed E-state index contributed by atoms with van der Waals surface area (Å²) in [5.41, 5.74) is 0.914. The van der Waals surface area contributed by atoms with Crippen molar-refractivity contribution in [1.29, 1.82) is 0 Å². The highest BCUT2D eigenvalue weighted by Crippen LogP contribution is 2.35. The number of carbonyl (C=O) groups excluding carboxylic acids is 3. The lowest BCUT2D eigenvalue weighted by Crippen LogP contribution is -2.56. The molecule has 0 bridgehead atoms. The van der Waals surface area contributed by atoms with Gasteiger partial charge in [0.25, 0.3) is 0 Å². The topological polar surface area (TPSA) is 122 Å². The van der Waals surface area contributed by atoms with E-state index in [0.29, 0.717) is 37.6 Å². The lowest BCUT2D eigenvalue weighted by atomic mass is 9.82. The van der Waals surface area contributed by atoms with E-state index in [2.05, 4.69) is 28.4 Å². The van der Waals surface area contributed by atoms with Gasteiger partial charge in [-0.2, -0.15) is 0 Å². The zero-order valence-electron chi connectivity index (χ0n) is 27.6. The van der Waals surface area contributed by atoms with E-state index < -0.39 is 42.0 Å². The minimum atomic E-state index is -1.11. The van der Waals surface area contributed by atoms with E-state index in [9.17, 15) is 24.6 Å². The minimum absolute atomic E-state index is 0.00611. The van der Waals surface area contributed by atoms with Gasteiger partial charge in [0.2, 0.25) is 17.7 Å². The van der Waals surface area contributed by atoms with E-state index in [4.69, 9.17) is 6.42 Å². The Morgan fingerprint density at radius 2 is 1.60 bits per heavy atom. The van der Waals surface area contributed by atoms with Gasteiger partial charge in [0.15, 0.2) is 0 Å². The van der Waals surface area contributed by atoms with Gasteiger partial charge >= 0.3 is 0 Å². The standard InChI is InChI=1S/C36H56N4O5/c1-5-13-30(36(45)38-31(23-27-16-11-8-12-17-27)34(43)32(41)24-28-18-19-28)37-35(44)29(22-26-14-9-7-10-15-26)25-33(42)40(4)21-20-39(3)6-2/h1,7,9-10,14-15,27-32,34,41,43H,6,8,11-13,16-25H2,2-4H3,(H,37,44)(H,38,45)/t29-,30+,31+,32+,34-/m1/s1. The lowest BCUT2D eigenvalue weighted by molar-refractivity contribution is -0.137. The Morgan fingerprint density at radius 1 is 0.933 bits per heavy atom. The first-order chi connectivity index (χ1) is 21.6. The Hall–Kier alpha value is -2.93. The SMILES string of the molecule is C#CC[C@H](NC(=O)[C@@H](CC(=O)N(C)CCN(C)CC)Cc1ccccc1)C(=O)N[C@@H](CC1CCCCC1)[C@@H](O)[C@@H](O)CC1CC1. The van der Waals surface area contributed by atoms with E-state index in [-0.39, 0.29) is 18.7 Å². The van der Waals surface area contributed by atoms with Crippen LogP contribution in [0.2, 0.25) is 0 Å². The second kappa shape index (κ2) is 18.9. The fourth-order valence-corrected chi connectivity index (χ4v) is 6.19. The maximum atomic E-state index is 13.8. The highest BCUT2D eigenvalue weighted by atomic mass is 16.3. The van der Waals surface area contributed by atoms with Crippen molar-refractivity contribution < 1.29 is 24.6 Å². The van der Waals surface area contributed by atoms with Crippen LogP contribution in [0, 0.1) is 30.1 Å². The third-order valence-electron chi connectivity index (χ3n) is 9.57. The van der Waals surface area contributed by atoms with E-state index >= 15 is 0 Å². The number of aliphatic hydroxyl groups excluding tert-OH is 2. The molecule has 5 atom stereocenters. The highest BCUT2D eigenvalue weighted by molar-refractivity contribution is 5.91. The fourth-order valence-electron chi connectivity index (χ4n) is 6.19. The number of hydrogen-bond acceptors (Lipinski definition) is 6. The van der Waals surface area contributed by atoms with Gasteiger partial charge in [-0.1, -0.05) is 82.2 Å². The van der Waals surface area contributed by atoms with Crippen LogP contribution in [0.1, 0.15) is 83.1 Å². The number of hydrogen-bond donors (Lipinski definition) is 4. The van der Waals surface area contributed by atoms with Crippen molar-refractivity contribution in [3.63, 3.8) is 0 Å². The number of amides is 3. The van der Waals surface area contributed by atoms with Crippen molar-refractivity contribution in [2.24, 2.45) is 17.8 Å². The third kappa shape index (κ3) is 12.8. The molecule has 1 aromatic rings. The summed E-state index contributed by atoms with van der Waals surface area (Å²) in [4.78, 5) is 44.4. The van der Waals surface area contributed by atoms with Gasteiger partial charge in [-0.25, -0.2) is 0 Å². The van der Waals surface area contributed by atoms with Gasteiger partial charge in [0, 0.05) is 33.0 Å². The molecule has 250 valence electrons. The number of aliphatic hydroxyl groups is 2. The van der Waals surface area contributed by atoms with Crippen molar-refractivity contribution in [2.75, 3.05) is 33.7 Å². The van der Waals surface area contributed by atoms with Crippen LogP contribution < -0.4 is 10.6 Å². The summed E-state index contributed by atoms with van der Waals surface area (Å²) in [7, 11) is 3.74. The Morgan fingerprint density at radius 3 is 2.22 bits per heavy atom. The molecule has 0 aromatic heterocycles. The molecule has 0 saturated heterocycles. The number of terminal acetylenes is 1. The maximum absolute atomic E-state index is 13.8. The number of likely N-dealkylation sites (N-methyl/N-ethyl adjacent to an activating group) is 2. The number of nitrogens with one attached hydrogen (secondary N) is 2. The molecular weight excluding hydrogens is 568 g/mol. The Bertz CT molecular complexity index is 1100. The van der Waals surface area contributed by atoms with Gasteiger partial charge in [-0.15, -0.1) is 12.3 Å². The maximum Gasteiger partial charge on any atom is 0.243 e. The molecule has 2 fully saturated rings. The molecule has 0 spiro atoms. The van der Waals surface area contributed by atoms with Crippen LogP contribution in [0.25, 0.3) is 0 Å². The largest absolute Gasteiger partial charge is 0.390 e. The molecule has 45 heavy (non-hydrogen) atoms. The van der Waals surface area contributed by atoms with Gasteiger partial charge < -0.3 is 30.6 Å². The first-order valence-electron chi connectivity index (χ1n) is 17.0. The quantitative estimate of drug-likeness (QED) is 0.176. The number of carbonyl (C=O) groups is 3. The Labute approximate surface area is 270 Å². The molecule has 0 radical (unpaired) electrons. The van der Waals surface area contributed by atoms with Crippen LogP contribution in [-0.4, -0.2) is 95.8 Å². The van der Waals surface area contributed by atoms with Crippen LogP contribution in [-0.2, 0) is 20.8 Å². The summed E-state index contributed by atoms with van der Waals surface area (Å²) in [6.45, 7) is 4.20. The van der Waals surface area contributed by atoms with Gasteiger partial charge in [-0.05, 0) is 50.3 Å². The molecule has 2 aliphatic carbocycles. The zero-order chi connectivity index (χ0) is 32.8. The lowest BCUT2D eigenvalue weighted by Gasteiger charge is -2.33. The van der Waals surface area contributed by atoms with Crippen LogP contribution in [0.15, 0.2) is 30.3 Å². The fraction of sp³-hybridized carbons (Fsp3) is 0.694. The predicted molar refractivity (Wildman–Crippen MR) is 177 cm³/mol. The summed E-state index contributed by atoms with van der Waals surface area (Å²) in [6, 6.07) is 7.83. The molecule has 9 heteroatoms. The number of benzene rings is 1. The van der Waals surface area contributed by atoms with E-state index in [0.717, 1.165) is 57.2 Å².